The van der Waals surface area contributed by atoms with Crippen molar-refractivity contribution in [2.24, 2.45) is 5.92 Å². The number of ether oxygens (including phenoxy) is 1. The van der Waals surface area contributed by atoms with Gasteiger partial charge in [-0.1, -0.05) is 13.0 Å². The molecule has 2 rings (SSSR count). The van der Waals surface area contributed by atoms with Gasteiger partial charge in [0.05, 0.1) is 13.2 Å². The molecule has 0 amide bonds. The highest BCUT2D eigenvalue weighted by molar-refractivity contribution is 5.33. The zero-order valence-corrected chi connectivity index (χ0v) is 12.9. The predicted molar refractivity (Wildman–Crippen MR) is 82.3 cm³/mol. The smallest absolute Gasteiger partial charge is 0.119 e. The molecule has 1 heterocycles. The van der Waals surface area contributed by atoms with E-state index in [-0.39, 0.29) is 6.61 Å². The van der Waals surface area contributed by atoms with Crippen molar-refractivity contribution in [2.45, 2.75) is 39.7 Å². The molecule has 1 aliphatic rings. The van der Waals surface area contributed by atoms with E-state index in [0.717, 1.165) is 31.9 Å². The normalized spacial score (nSPS) is 23.2. The minimum Gasteiger partial charge on any atom is -0.494 e. The molecule has 0 spiro atoms. The molecule has 0 saturated carbocycles. The van der Waals surface area contributed by atoms with E-state index in [4.69, 9.17) is 4.74 Å². The van der Waals surface area contributed by atoms with Gasteiger partial charge in [0.15, 0.2) is 0 Å². The fourth-order valence-corrected chi connectivity index (χ4v) is 2.92. The third-order valence-electron chi connectivity index (χ3n) is 4.52. The van der Waals surface area contributed by atoms with E-state index in [1.165, 1.54) is 17.5 Å². The Balaban J connectivity index is 1.72. The van der Waals surface area contributed by atoms with E-state index in [1.807, 2.05) is 6.07 Å². The number of likely N-dealkylation sites (tertiary alicyclic amines) is 1. The van der Waals surface area contributed by atoms with Gasteiger partial charge in [-0.05, 0) is 62.4 Å². The SMILES string of the molecule is Cc1ccc(OCCCN2CCC(C)C2CO)cc1C. The summed E-state index contributed by atoms with van der Waals surface area (Å²) < 4.78 is 5.81. The number of aryl methyl sites for hydroxylation is 2. The van der Waals surface area contributed by atoms with E-state index in [9.17, 15) is 5.11 Å². The third kappa shape index (κ3) is 3.74. The van der Waals surface area contributed by atoms with Crippen molar-refractivity contribution in [3.05, 3.63) is 29.3 Å². The summed E-state index contributed by atoms with van der Waals surface area (Å²) in [7, 11) is 0. The molecule has 0 bridgehead atoms. The summed E-state index contributed by atoms with van der Waals surface area (Å²) >= 11 is 0. The second-order valence-electron chi connectivity index (χ2n) is 6.00. The van der Waals surface area contributed by atoms with Crippen molar-refractivity contribution in [3.63, 3.8) is 0 Å². The molecule has 1 N–H and O–H groups in total. The van der Waals surface area contributed by atoms with Gasteiger partial charge in [0, 0.05) is 12.6 Å². The van der Waals surface area contributed by atoms with Crippen LogP contribution in [0.25, 0.3) is 0 Å². The van der Waals surface area contributed by atoms with Crippen LogP contribution in [-0.4, -0.2) is 42.4 Å². The van der Waals surface area contributed by atoms with E-state index < -0.39 is 0 Å². The van der Waals surface area contributed by atoms with Crippen LogP contribution in [0, 0.1) is 19.8 Å². The zero-order chi connectivity index (χ0) is 14.5. The van der Waals surface area contributed by atoms with Crippen LogP contribution in [0.1, 0.15) is 30.9 Å². The van der Waals surface area contributed by atoms with Crippen molar-refractivity contribution >= 4 is 0 Å². The van der Waals surface area contributed by atoms with Gasteiger partial charge in [-0.25, -0.2) is 0 Å². The number of hydrogen-bond acceptors (Lipinski definition) is 3. The number of rotatable bonds is 6. The monoisotopic (exact) mass is 277 g/mol. The Labute approximate surface area is 122 Å². The zero-order valence-electron chi connectivity index (χ0n) is 12.9. The molecule has 0 radical (unpaired) electrons. The average molecular weight is 277 g/mol. The first kappa shape index (κ1) is 15.3. The summed E-state index contributed by atoms with van der Waals surface area (Å²) in [5.74, 6) is 1.57. The van der Waals surface area contributed by atoms with Crippen molar-refractivity contribution in [2.75, 3.05) is 26.3 Å². The average Bonchev–Trinajstić information content (AvgIpc) is 2.79. The summed E-state index contributed by atoms with van der Waals surface area (Å²) in [6.45, 7) is 9.59. The van der Waals surface area contributed by atoms with E-state index in [2.05, 4.69) is 37.8 Å². The van der Waals surface area contributed by atoms with Crippen LogP contribution in [0.4, 0.5) is 0 Å². The van der Waals surface area contributed by atoms with Crippen LogP contribution in [0.5, 0.6) is 5.75 Å². The molecular formula is C17H27NO2. The third-order valence-corrected chi connectivity index (χ3v) is 4.52. The molecule has 1 aromatic rings. The number of benzene rings is 1. The number of nitrogens with zero attached hydrogens (tertiary/aromatic N) is 1. The Bertz CT molecular complexity index is 433. The van der Waals surface area contributed by atoms with Crippen molar-refractivity contribution < 1.29 is 9.84 Å². The van der Waals surface area contributed by atoms with Crippen LogP contribution in [-0.2, 0) is 0 Å². The van der Waals surface area contributed by atoms with Gasteiger partial charge >= 0.3 is 0 Å². The molecule has 3 nitrogen and oxygen atoms in total. The number of aliphatic hydroxyl groups excluding tert-OH is 1. The first-order chi connectivity index (χ1) is 9.61. The second-order valence-corrected chi connectivity index (χ2v) is 6.00. The minimum atomic E-state index is 0.277. The highest BCUT2D eigenvalue weighted by Crippen LogP contribution is 2.23. The van der Waals surface area contributed by atoms with Crippen molar-refractivity contribution in [1.82, 2.24) is 4.90 Å². The summed E-state index contributed by atoms with van der Waals surface area (Å²) in [4.78, 5) is 2.40. The molecule has 112 valence electrons. The second kappa shape index (κ2) is 7.09. The predicted octanol–water partition coefficient (Wildman–Crippen LogP) is 2.78. The Morgan fingerprint density at radius 3 is 2.80 bits per heavy atom. The molecule has 3 heteroatoms. The van der Waals surface area contributed by atoms with Gasteiger partial charge in [0.1, 0.15) is 5.75 Å². The molecule has 0 aromatic heterocycles. The summed E-state index contributed by atoms with van der Waals surface area (Å²) in [6.07, 6.45) is 2.21. The first-order valence-electron chi connectivity index (χ1n) is 7.66. The Hall–Kier alpha value is -1.06. The Morgan fingerprint density at radius 2 is 2.10 bits per heavy atom. The van der Waals surface area contributed by atoms with E-state index in [1.54, 1.807) is 0 Å². The molecule has 0 aliphatic carbocycles. The van der Waals surface area contributed by atoms with Crippen molar-refractivity contribution in [1.29, 1.82) is 0 Å². The van der Waals surface area contributed by atoms with Crippen LogP contribution >= 0.6 is 0 Å². The van der Waals surface area contributed by atoms with Crippen LogP contribution in [0.15, 0.2) is 18.2 Å². The fraction of sp³-hybridized carbons (Fsp3) is 0.647. The highest BCUT2D eigenvalue weighted by Gasteiger charge is 2.29. The molecule has 1 saturated heterocycles. The topological polar surface area (TPSA) is 32.7 Å². The van der Waals surface area contributed by atoms with Gasteiger partial charge < -0.3 is 9.84 Å². The van der Waals surface area contributed by atoms with Gasteiger partial charge in [0.2, 0.25) is 0 Å². The summed E-state index contributed by atoms with van der Waals surface area (Å²) in [5.41, 5.74) is 2.57. The maximum Gasteiger partial charge on any atom is 0.119 e. The van der Waals surface area contributed by atoms with Gasteiger partial charge in [-0.15, -0.1) is 0 Å². The molecule has 1 aromatic carbocycles. The number of aliphatic hydroxyl groups is 1. The summed E-state index contributed by atoms with van der Waals surface area (Å²) in [5, 5.41) is 9.42. The Kier molecular flexibility index (Phi) is 5.44. The lowest BCUT2D eigenvalue weighted by Gasteiger charge is -2.24. The first-order valence-corrected chi connectivity index (χ1v) is 7.66. The standard InChI is InChI=1S/C17H27NO2/c1-13-5-6-16(11-15(13)3)20-10-4-8-18-9-7-14(2)17(18)12-19/h5-6,11,14,17,19H,4,7-10,12H2,1-3H3. The molecule has 2 unspecified atom stereocenters. The molecule has 20 heavy (non-hydrogen) atoms. The van der Waals surface area contributed by atoms with Gasteiger partial charge in [-0.3, -0.25) is 4.90 Å². The molecule has 2 atom stereocenters. The van der Waals surface area contributed by atoms with Crippen molar-refractivity contribution in [3.8, 4) is 5.75 Å². The highest BCUT2D eigenvalue weighted by atomic mass is 16.5. The maximum atomic E-state index is 9.42. The van der Waals surface area contributed by atoms with Gasteiger partial charge in [0.25, 0.3) is 0 Å². The number of hydrogen-bond donors (Lipinski definition) is 1. The minimum absolute atomic E-state index is 0.277. The Morgan fingerprint density at radius 1 is 1.30 bits per heavy atom. The lowest BCUT2D eigenvalue weighted by Crippen LogP contribution is -2.36. The largest absolute Gasteiger partial charge is 0.494 e. The van der Waals surface area contributed by atoms with Crippen LogP contribution in [0.2, 0.25) is 0 Å². The van der Waals surface area contributed by atoms with E-state index >= 15 is 0 Å². The van der Waals surface area contributed by atoms with Crippen LogP contribution < -0.4 is 4.74 Å². The van der Waals surface area contributed by atoms with E-state index in [0.29, 0.717) is 12.0 Å². The molecule has 1 aliphatic heterocycles. The summed E-state index contributed by atoms with van der Waals surface area (Å²) in [6, 6.07) is 6.59. The fourth-order valence-electron chi connectivity index (χ4n) is 2.92. The van der Waals surface area contributed by atoms with Gasteiger partial charge in [-0.2, -0.15) is 0 Å². The maximum absolute atomic E-state index is 9.42. The van der Waals surface area contributed by atoms with Crippen LogP contribution in [0.3, 0.4) is 0 Å². The lowest BCUT2D eigenvalue weighted by molar-refractivity contribution is 0.133. The molecule has 1 fully saturated rings. The lowest BCUT2D eigenvalue weighted by atomic mass is 10.0. The quantitative estimate of drug-likeness (QED) is 0.812. The molecular weight excluding hydrogens is 250 g/mol.